The van der Waals surface area contributed by atoms with Crippen molar-refractivity contribution in [2.45, 2.75) is 6.92 Å². The zero-order chi connectivity index (χ0) is 14.7. The molecule has 0 saturated carbocycles. The Morgan fingerprint density at radius 3 is 2.25 bits per heavy atom. The number of aryl methyl sites for hydroxylation is 1. The molecule has 0 aliphatic heterocycles. The fourth-order valence-corrected chi connectivity index (χ4v) is 2.07. The van der Waals surface area contributed by atoms with Crippen LogP contribution in [0.5, 0.6) is 5.75 Å². The molecule has 2 aromatic rings. The fraction of sp³-hybridized carbons (Fsp3) is 0.235. The molecule has 0 unspecified atom stereocenters. The van der Waals surface area contributed by atoms with E-state index in [0.29, 0.717) is 16.9 Å². The number of nitrogens with zero attached hydrogens (tertiary/aromatic N) is 1. The first kappa shape index (κ1) is 14.1. The average molecular weight is 269 g/mol. The first-order chi connectivity index (χ1) is 9.52. The highest BCUT2D eigenvalue weighted by molar-refractivity contribution is 6.11. The lowest BCUT2D eigenvalue weighted by molar-refractivity contribution is 0.103. The minimum atomic E-state index is -0.0177. The first-order valence-corrected chi connectivity index (χ1v) is 6.49. The molecule has 0 aromatic heterocycles. The van der Waals surface area contributed by atoms with Crippen molar-refractivity contribution in [3.8, 4) is 5.75 Å². The summed E-state index contributed by atoms with van der Waals surface area (Å²) in [4.78, 5) is 14.6. The molecule has 0 N–H and O–H groups in total. The first-order valence-electron chi connectivity index (χ1n) is 6.49. The third-order valence-corrected chi connectivity index (χ3v) is 3.25. The molecule has 3 heteroatoms. The van der Waals surface area contributed by atoms with Gasteiger partial charge in [0.15, 0.2) is 5.78 Å². The summed E-state index contributed by atoms with van der Waals surface area (Å²) in [5.74, 6) is 0.591. The normalized spacial score (nSPS) is 10.2. The van der Waals surface area contributed by atoms with Gasteiger partial charge in [-0.1, -0.05) is 11.6 Å². The zero-order valence-electron chi connectivity index (χ0n) is 12.3. The number of rotatable bonds is 4. The number of ether oxygens (including phenoxy) is 1. The molecule has 2 aromatic carbocycles. The number of ketones is 1. The van der Waals surface area contributed by atoms with E-state index in [-0.39, 0.29) is 5.78 Å². The molecule has 104 valence electrons. The lowest BCUT2D eigenvalue weighted by Crippen LogP contribution is -2.09. The minimum Gasteiger partial charge on any atom is -0.496 e. The van der Waals surface area contributed by atoms with Gasteiger partial charge in [0.05, 0.1) is 12.7 Å². The van der Waals surface area contributed by atoms with Crippen molar-refractivity contribution in [1.29, 1.82) is 0 Å². The van der Waals surface area contributed by atoms with Crippen LogP contribution in [-0.4, -0.2) is 27.0 Å². The van der Waals surface area contributed by atoms with E-state index < -0.39 is 0 Å². The van der Waals surface area contributed by atoms with Gasteiger partial charge in [-0.3, -0.25) is 4.79 Å². The molecule has 0 atom stereocenters. The Labute approximate surface area is 119 Å². The van der Waals surface area contributed by atoms with Crippen LogP contribution >= 0.6 is 0 Å². The van der Waals surface area contributed by atoms with Gasteiger partial charge in [-0.05, 0) is 43.3 Å². The van der Waals surface area contributed by atoms with Gasteiger partial charge < -0.3 is 9.64 Å². The molecule has 0 aliphatic carbocycles. The SMILES string of the molecule is COc1ccc(C)cc1C(=O)c1ccc(N(C)C)cc1. The van der Waals surface area contributed by atoms with Crippen molar-refractivity contribution >= 4 is 11.5 Å². The number of methoxy groups -OCH3 is 1. The van der Waals surface area contributed by atoms with Gasteiger partial charge in [0.1, 0.15) is 5.75 Å². The molecule has 0 amide bonds. The number of carbonyl (C=O) groups excluding carboxylic acids is 1. The van der Waals surface area contributed by atoms with Crippen molar-refractivity contribution in [2.75, 3.05) is 26.1 Å². The lowest BCUT2D eigenvalue weighted by atomic mass is 10.0. The second kappa shape index (κ2) is 5.78. The average Bonchev–Trinajstić information content (AvgIpc) is 2.46. The summed E-state index contributed by atoms with van der Waals surface area (Å²) in [6.45, 7) is 1.96. The topological polar surface area (TPSA) is 29.5 Å². The highest BCUT2D eigenvalue weighted by atomic mass is 16.5. The van der Waals surface area contributed by atoms with Crippen molar-refractivity contribution in [3.05, 3.63) is 59.2 Å². The number of anilines is 1. The van der Waals surface area contributed by atoms with E-state index in [1.54, 1.807) is 7.11 Å². The smallest absolute Gasteiger partial charge is 0.196 e. The van der Waals surface area contributed by atoms with Crippen molar-refractivity contribution in [3.63, 3.8) is 0 Å². The summed E-state index contributed by atoms with van der Waals surface area (Å²) in [5, 5.41) is 0. The second-order valence-electron chi connectivity index (χ2n) is 4.97. The Morgan fingerprint density at radius 2 is 1.70 bits per heavy atom. The third-order valence-electron chi connectivity index (χ3n) is 3.25. The van der Waals surface area contributed by atoms with Gasteiger partial charge in [-0.15, -0.1) is 0 Å². The summed E-state index contributed by atoms with van der Waals surface area (Å²) >= 11 is 0. The van der Waals surface area contributed by atoms with Crippen LogP contribution in [0.1, 0.15) is 21.5 Å². The monoisotopic (exact) mass is 269 g/mol. The van der Waals surface area contributed by atoms with Crippen LogP contribution in [0.3, 0.4) is 0 Å². The zero-order valence-corrected chi connectivity index (χ0v) is 12.3. The van der Waals surface area contributed by atoms with E-state index in [1.807, 2.05) is 68.4 Å². The van der Waals surface area contributed by atoms with Crippen LogP contribution < -0.4 is 9.64 Å². The summed E-state index contributed by atoms with van der Waals surface area (Å²) in [7, 11) is 5.53. The molecular formula is C17H19NO2. The van der Waals surface area contributed by atoms with Crippen LogP contribution in [-0.2, 0) is 0 Å². The van der Waals surface area contributed by atoms with Crippen LogP contribution in [0.4, 0.5) is 5.69 Å². The molecule has 20 heavy (non-hydrogen) atoms. The van der Waals surface area contributed by atoms with E-state index in [4.69, 9.17) is 4.74 Å². The number of hydrogen-bond donors (Lipinski definition) is 0. The largest absolute Gasteiger partial charge is 0.496 e. The van der Waals surface area contributed by atoms with Crippen LogP contribution in [0.15, 0.2) is 42.5 Å². The third kappa shape index (κ3) is 2.82. The molecule has 0 bridgehead atoms. The number of hydrogen-bond acceptors (Lipinski definition) is 3. The molecule has 0 heterocycles. The molecule has 0 spiro atoms. The second-order valence-corrected chi connectivity index (χ2v) is 4.97. The van der Waals surface area contributed by atoms with Gasteiger partial charge in [0.2, 0.25) is 0 Å². The van der Waals surface area contributed by atoms with Gasteiger partial charge in [-0.25, -0.2) is 0 Å². The Balaban J connectivity index is 2.38. The van der Waals surface area contributed by atoms with Crippen molar-refractivity contribution in [2.24, 2.45) is 0 Å². The van der Waals surface area contributed by atoms with Gasteiger partial charge >= 0.3 is 0 Å². The van der Waals surface area contributed by atoms with E-state index >= 15 is 0 Å². The van der Waals surface area contributed by atoms with Crippen molar-refractivity contribution in [1.82, 2.24) is 0 Å². The van der Waals surface area contributed by atoms with Crippen LogP contribution in [0, 0.1) is 6.92 Å². The Bertz CT molecular complexity index is 615. The summed E-state index contributed by atoms with van der Waals surface area (Å²) in [6.07, 6.45) is 0. The Hall–Kier alpha value is -2.29. The highest BCUT2D eigenvalue weighted by Gasteiger charge is 2.14. The molecule has 0 saturated heterocycles. The molecule has 3 nitrogen and oxygen atoms in total. The maximum absolute atomic E-state index is 12.6. The van der Waals surface area contributed by atoms with Gasteiger partial charge in [0.25, 0.3) is 0 Å². The predicted octanol–water partition coefficient (Wildman–Crippen LogP) is 3.30. The summed E-state index contributed by atoms with van der Waals surface area (Å²) in [6, 6.07) is 13.2. The predicted molar refractivity (Wildman–Crippen MR) is 81.9 cm³/mol. The van der Waals surface area contributed by atoms with E-state index in [1.165, 1.54) is 0 Å². The molecule has 0 aliphatic rings. The van der Waals surface area contributed by atoms with Crippen LogP contribution in [0.2, 0.25) is 0 Å². The Kier molecular flexibility index (Phi) is 4.08. The molecule has 2 rings (SSSR count). The van der Waals surface area contributed by atoms with E-state index in [0.717, 1.165) is 11.3 Å². The van der Waals surface area contributed by atoms with E-state index in [9.17, 15) is 4.79 Å². The summed E-state index contributed by atoms with van der Waals surface area (Å²) < 4.78 is 5.28. The number of benzene rings is 2. The molecule has 0 fully saturated rings. The standard InChI is InChI=1S/C17H19NO2/c1-12-5-10-16(20-4)15(11-12)17(19)13-6-8-14(9-7-13)18(2)3/h5-11H,1-4H3. The van der Waals surface area contributed by atoms with Crippen LogP contribution in [0.25, 0.3) is 0 Å². The van der Waals surface area contributed by atoms with Gasteiger partial charge in [0, 0.05) is 25.3 Å². The summed E-state index contributed by atoms with van der Waals surface area (Å²) in [5.41, 5.74) is 3.38. The quantitative estimate of drug-likeness (QED) is 0.798. The highest BCUT2D eigenvalue weighted by Crippen LogP contribution is 2.23. The maximum atomic E-state index is 12.6. The fourth-order valence-electron chi connectivity index (χ4n) is 2.07. The minimum absolute atomic E-state index is 0.0177. The van der Waals surface area contributed by atoms with Crippen molar-refractivity contribution < 1.29 is 9.53 Å². The maximum Gasteiger partial charge on any atom is 0.196 e. The molecule has 0 radical (unpaired) electrons. The number of carbonyl (C=O) groups is 1. The van der Waals surface area contributed by atoms with Gasteiger partial charge in [-0.2, -0.15) is 0 Å². The molecular weight excluding hydrogens is 250 g/mol. The Morgan fingerprint density at radius 1 is 1.05 bits per heavy atom. The van der Waals surface area contributed by atoms with E-state index in [2.05, 4.69) is 0 Å². The lowest BCUT2D eigenvalue weighted by Gasteiger charge is -2.13.